The van der Waals surface area contributed by atoms with Gasteiger partial charge in [-0.1, -0.05) is 24.3 Å². The molecule has 142 valence electrons. The highest BCUT2D eigenvalue weighted by molar-refractivity contribution is 6.09. The highest BCUT2D eigenvalue weighted by atomic mass is 16.3. The maximum Gasteiger partial charge on any atom is 0.239 e. The predicted octanol–water partition coefficient (Wildman–Crippen LogP) is 3.26. The SMILES string of the molecule is O=C([C@H]1CCN(c2ccccc2)C1=O)N(Cc1ccccn1)Cc1ccco1. The first-order valence-electron chi connectivity index (χ1n) is 9.30. The molecule has 6 heteroatoms. The quantitative estimate of drug-likeness (QED) is 0.620. The number of rotatable bonds is 6. The van der Waals surface area contributed by atoms with Crippen molar-refractivity contribution in [3.8, 4) is 0 Å². The molecule has 1 aliphatic rings. The summed E-state index contributed by atoms with van der Waals surface area (Å²) in [5, 5.41) is 0. The molecule has 3 heterocycles. The van der Waals surface area contributed by atoms with E-state index in [1.165, 1.54) is 0 Å². The van der Waals surface area contributed by atoms with Crippen molar-refractivity contribution >= 4 is 17.5 Å². The molecule has 0 bridgehead atoms. The van der Waals surface area contributed by atoms with Gasteiger partial charge in [0.25, 0.3) is 0 Å². The van der Waals surface area contributed by atoms with Crippen LogP contribution in [-0.4, -0.2) is 28.2 Å². The maximum absolute atomic E-state index is 13.3. The number of furan rings is 1. The maximum atomic E-state index is 13.3. The second kappa shape index (κ2) is 8.08. The molecule has 1 atom stereocenters. The number of nitrogens with zero attached hydrogens (tertiary/aromatic N) is 3. The molecule has 0 radical (unpaired) electrons. The lowest BCUT2D eigenvalue weighted by atomic mass is 10.1. The van der Waals surface area contributed by atoms with Crippen LogP contribution < -0.4 is 4.90 Å². The zero-order valence-electron chi connectivity index (χ0n) is 15.4. The average molecular weight is 375 g/mol. The van der Waals surface area contributed by atoms with E-state index in [0.717, 1.165) is 11.4 Å². The van der Waals surface area contributed by atoms with Crippen LogP contribution >= 0.6 is 0 Å². The van der Waals surface area contributed by atoms with Gasteiger partial charge < -0.3 is 14.2 Å². The Labute approximate surface area is 163 Å². The zero-order valence-corrected chi connectivity index (χ0v) is 15.4. The molecule has 0 aliphatic carbocycles. The van der Waals surface area contributed by atoms with Gasteiger partial charge in [0.15, 0.2) is 0 Å². The van der Waals surface area contributed by atoms with E-state index in [1.807, 2.05) is 54.6 Å². The molecule has 2 amide bonds. The molecular weight excluding hydrogens is 354 g/mol. The Morgan fingerprint density at radius 1 is 1.07 bits per heavy atom. The molecule has 28 heavy (non-hydrogen) atoms. The van der Waals surface area contributed by atoms with Crippen LogP contribution in [0.25, 0.3) is 0 Å². The van der Waals surface area contributed by atoms with E-state index in [2.05, 4.69) is 4.98 Å². The van der Waals surface area contributed by atoms with E-state index in [4.69, 9.17) is 4.42 Å². The van der Waals surface area contributed by atoms with Gasteiger partial charge in [-0.2, -0.15) is 0 Å². The second-order valence-electron chi connectivity index (χ2n) is 6.76. The first kappa shape index (κ1) is 18.0. The van der Waals surface area contributed by atoms with Gasteiger partial charge in [-0.05, 0) is 42.8 Å². The van der Waals surface area contributed by atoms with Gasteiger partial charge in [-0.3, -0.25) is 14.6 Å². The van der Waals surface area contributed by atoms with Crippen LogP contribution in [0.3, 0.4) is 0 Å². The first-order valence-corrected chi connectivity index (χ1v) is 9.30. The van der Waals surface area contributed by atoms with Crippen LogP contribution in [0, 0.1) is 5.92 Å². The summed E-state index contributed by atoms with van der Waals surface area (Å²) < 4.78 is 5.42. The van der Waals surface area contributed by atoms with E-state index >= 15 is 0 Å². The third kappa shape index (κ3) is 3.81. The fourth-order valence-electron chi connectivity index (χ4n) is 3.48. The number of anilines is 1. The van der Waals surface area contributed by atoms with Crippen molar-refractivity contribution in [3.05, 3.63) is 84.6 Å². The molecule has 0 spiro atoms. The molecule has 2 aromatic heterocycles. The third-order valence-electron chi connectivity index (χ3n) is 4.89. The van der Waals surface area contributed by atoms with Crippen LogP contribution in [0.2, 0.25) is 0 Å². The fourth-order valence-corrected chi connectivity index (χ4v) is 3.48. The van der Waals surface area contributed by atoms with E-state index in [0.29, 0.717) is 31.8 Å². The number of benzene rings is 1. The normalized spacial score (nSPS) is 16.4. The number of carbonyl (C=O) groups excluding carboxylic acids is 2. The minimum Gasteiger partial charge on any atom is -0.467 e. The summed E-state index contributed by atoms with van der Waals surface area (Å²) in [6.07, 6.45) is 3.78. The second-order valence-corrected chi connectivity index (χ2v) is 6.76. The molecular formula is C22H21N3O3. The number of amides is 2. The summed E-state index contributed by atoms with van der Waals surface area (Å²) in [4.78, 5) is 33.9. The molecule has 0 N–H and O–H groups in total. The van der Waals surface area contributed by atoms with E-state index in [-0.39, 0.29) is 11.8 Å². The van der Waals surface area contributed by atoms with E-state index < -0.39 is 5.92 Å². The summed E-state index contributed by atoms with van der Waals surface area (Å²) in [5.41, 5.74) is 1.60. The van der Waals surface area contributed by atoms with Crippen molar-refractivity contribution in [1.82, 2.24) is 9.88 Å². The van der Waals surface area contributed by atoms with Crippen LogP contribution in [-0.2, 0) is 22.7 Å². The Morgan fingerprint density at radius 2 is 1.89 bits per heavy atom. The monoisotopic (exact) mass is 375 g/mol. The Kier molecular flexibility index (Phi) is 5.19. The minimum absolute atomic E-state index is 0.151. The molecule has 1 fully saturated rings. The number of pyridine rings is 1. The highest BCUT2D eigenvalue weighted by Crippen LogP contribution is 2.27. The van der Waals surface area contributed by atoms with Gasteiger partial charge in [0.05, 0.1) is 25.0 Å². The standard InChI is InChI=1S/C22H21N3O3/c26-21(20-11-13-25(22(20)27)18-8-2-1-3-9-18)24(16-19-10-6-14-28-19)15-17-7-4-5-12-23-17/h1-10,12,14,20H,11,13,15-16H2/t20-/m1/s1. The molecule has 1 saturated heterocycles. The van der Waals surface area contributed by atoms with E-state index in [1.54, 1.807) is 28.3 Å². The number of hydrogen-bond donors (Lipinski definition) is 0. The first-order chi connectivity index (χ1) is 13.7. The van der Waals surface area contributed by atoms with Crippen molar-refractivity contribution in [1.29, 1.82) is 0 Å². The molecule has 0 saturated carbocycles. The Morgan fingerprint density at radius 3 is 2.61 bits per heavy atom. The van der Waals surface area contributed by atoms with Crippen molar-refractivity contribution in [3.63, 3.8) is 0 Å². The van der Waals surface area contributed by atoms with Crippen molar-refractivity contribution in [2.24, 2.45) is 5.92 Å². The summed E-state index contributed by atoms with van der Waals surface area (Å²) in [6, 6.07) is 18.7. The molecule has 6 nitrogen and oxygen atoms in total. The number of para-hydroxylation sites is 1. The number of aromatic nitrogens is 1. The van der Waals surface area contributed by atoms with Gasteiger partial charge in [-0.15, -0.1) is 0 Å². The van der Waals surface area contributed by atoms with Gasteiger partial charge in [0.1, 0.15) is 11.7 Å². The van der Waals surface area contributed by atoms with Crippen molar-refractivity contribution in [2.45, 2.75) is 19.5 Å². The largest absolute Gasteiger partial charge is 0.467 e. The summed E-state index contributed by atoms with van der Waals surface area (Å²) in [6.45, 7) is 1.17. The fraction of sp³-hybridized carbons (Fsp3) is 0.227. The van der Waals surface area contributed by atoms with Gasteiger partial charge in [0.2, 0.25) is 11.8 Å². The lowest BCUT2D eigenvalue weighted by molar-refractivity contribution is -0.141. The van der Waals surface area contributed by atoms with Crippen molar-refractivity contribution in [2.75, 3.05) is 11.4 Å². The van der Waals surface area contributed by atoms with Crippen LogP contribution in [0.4, 0.5) is 5.69 Å². The van der Waals surface area contributed by atoms with E-state index in [9.17, 15) is 9.59 Å². The molecule has 1 aromatic carbocycles. The summed E-state index contributed by atoms with van der Waals surface area (Å²) in [7, 11) is 0. The lowest BCUT2D eigenvalue weighted by Crippen LogP contribution is -2.39. The molecule has 1 aliphatic heterocycles. The lowest BCUT2D eigenvalue weighted by Gasteiger charge is -2.24. The Balaban J connectivity index is 1.54. The molecule has 0 unspecified atom stereocenters. The van der Waals surface area contributed by atoms with Gasteiger partial charge in [0, 0.05) is 18.4 Å². The Bertz CT molecular complexity index is 926. The number of carbonyl (C=O) groups is 2. The Hall–Kier alpha value is -3.41. The minimum atomic E-state index is -0.682. The zero-order chi connectivity index (χ0) is 19.3. The van der Waals surface area contributed by atoms with Crippen LogP contribution in [0.1, 0.15) is 17.9 Å². The summed E-state index contributed by atoms with van der Waals surface area (Å²) in [5.74, 6) is -0.347. The van der Waals surface area contributed by atoms with Crippen molar-refractivity contribution < 1.29 is 14.0 Å². The topological polar surface area (TPSA) is 66.7 Å². The summed E-state index contributed by atoms with van der Waals surface area (Å²) >= 11 is 0. The van der Waals surface area contributed by atoms with Gasteiger partial charge >= 0.3 is 0 Å². The van der Waals surface area contributed by atoms with Crippen LogP contribution in [0.15, 0.2) is 77.5 Å². The average Bonchev–Trinajstić information content (AvgIpc) is 3.38. The van der Waals surface area contributed by atoms with Gasteiger partial charge in [-0.25, -0.2) is 0 Å². The predicted molar refractivity (Wildman–Crippen MR) is 104 cm³/mol. The smallest absolute Gasteiger partial charge is 0.239 e. The molecule has 4 rings (SSSR count). The highest BCUT2D eigenvalue weighted by Gasteiger charge is 2.39. The molecule has 3 aromatic rings. The third-order valence-corrected chi connectivity index (χ3v) is 4.89. The van der Waals surface area contributed by atoms with Crippen LogP contribution in [0.5, 0.6) is 0 Å². The number of hydrogen-bond acceptors (Lipinski definition) is 4.